The number of hydrogen-bond acceptors (Lipinski definition) is 4. The summed E-state index contributed by atoms with van der Waals surface area (Å²) in [5, 5.41) is 6.23. The molecule has 2 saturated heterocycles. The van der Waals surface area contributed by atoms with E-state index < -0.39 is 0 Å². The van der Waals surface area contributed by atoms with Gasteiger partial charge in [0.2, 0.25) is 11.8 Å². The van der Waals surface area contributed by atoms with E-state index >= 15 is 0 Å². The van der Waals surface area contributed by atoms with E-state index in [4.69, 9.17) is 4.74 Å². The van der Waals surface area contributed by atoms with E-state index in [1.165, 1.54) is 0 Å². The zero-order valence-corrected chi connectivity index (χ0v) is 14.8. The number of methoxy groups -OCH3 is 1. The summed E-state index contributed by atoms with van der Waals surface area (Å²) in [6, 6.07) is 7.36. The van der Waals surface area contributed by atoms with E-state index in [0.29, 0.717) is 31.8 Å². The number of benzene rings is 1. The highest BCUT2D eigenvalue weighted by Gasteiger charge is 2.32. The number of hydrogen-bond donors (Lipinski definition) is 2. The Balaban J connectivity index is 1.44. The number of carbonyl (C=O) groups is 2. The molecule has 2 atom stereocenters. The van der Waals surface area contributed by atoms with Crippen molar-refractivity contribution in [2.75, 3.05) is 26.7 Å². The van der Waals surface area contributed by atoms with Crippen LogP contribution in [0.5, 0.6) is 5.75 Å². The molecule has 6 nitrogen and oxygen atoms in total. The quantitative estimate of drug-likeness (QED) is 0.781. The Hall–Kier alpha value is -2.08. The van der Waals surface area contributed by atoms with E-state index in [-0.39, 0.29) is 17.9 Å². The van der Waals surface area contributed by atoms with Gasteiger partial charge in [0, 0.05) is 19.5 Å². The average molecular weight is 345 g/mol. The predicted molar refractivity (Wildman–Crippen MR) is 95.2 cm³/mol. The summed E-state index contributed by atoms with van der Waals surface area (Å²) >= 11 is 0. The van der Waals surface area contributed by atoms with E-state index in [1.807, 2.05) is 29.2 Å². The highest BCUT2D eigenvalue weighted by atomic mass is 16.5. The lowest BCUT2D eigenvalue weighted by Gasteiger charge is -2.17. The van der Waals surface area contributed by atoms with E-state index in [9.17, 15) is 9.59 Å². The molecule has 1 aromatic rings. The van der Waals surface area contributed by atoms with Crippen molar-refractivity contribution < 1.29 is 14.3 Å². The SMILES string of the molecule is COc1ccc(CN2CCC(NC(=O)CCC3CCNC3)C2=O)cc1. The lowest BCUT2D eigenvalue weighted by molar-refractivity contribution is -0.133. The van der Waals surface area contributed by atoms with Gasteiger partial charge in [0.25, 0.3) is 0 Å². The van der Waals surface area contributed by atoms with Crippen molar-refractivity contribution in [2.24, 2.45) is 5.92 Å². The molecule has 2 heterocycles. The molecule has 0 aromatic heterocycles. The number of likely N-dealkylation sites (tertiary alicyclic amines) is 1. The van der Waals surface area contributed by atoms with Crippen molar-refractivity contribution in [2.45, 2.75) is 38.3 Å². The molecule has 2 N–H and O–H groups in total. The Kier molecular flexibility index (Phi) is 5.91. The minimum absolute atomic E-state index is 0.00320. The molecule has 0 saturated carbocycles. The maximum Gasteiger partial charge on any atom is 0.245 e. The van der Waals surface area contributed by atoms with Crippen LogP contribution >= 0.6 is 0 Å². The maximum absolute atomic E-state index is 12.5. The average Bonchev–Trinajstić information content (AvgIpc) is 3.26. The smallest absolute Gasteiger partial charge is 0.245 e. The fraction of sp³-hybridized carbons (Fsp3) is 0.579. The first kappa shape index (κ1) is 17.7. The van der Waals surface area contributed by atoms with Gasteiger partial charge in [-0.1, -0.05) is 12.1 Å². The van der Waals surface area contributed by atoms with Gasteiger partial charge in [0.15, 0.2) is 0 Å². The summed E-state index contributed by atoms with van der Waals surface area (Å²) in [6.07, 6.45) is 3.24. The van der Waals surface area contributed by atoms with Crippen molar-refractivity contribution >= 4 is 11.8 Å². The number of rotatable bonds is 7. The molecule has 0 radical (unpaired) electrons. The molecule has 3 rings (SSSR count). The van der Waals surface area contributed by atoms with E-state index in [0.717, 1.165) is 37.2 Å². The van der Waals surface area contributed by atoms with Crippen molar-refractivity contribution in [3.05, 3.63) is 29.8 Å². The molecule has 0 aliphatic carbocycles. The van der Waals surface area contributed by atoms with Crippen LogP contribution in [0.2, 0.25) is 0 Å². The van der Waals surface area contributed by atoms with Crippen LogP contribution in [-0.4, -0.2) is 49.5 Å². The number of ether oxygens (including phenoxy) is 1. The molecule has 0 spiro atoms. The molecule has 6 heteroatoms. The van der Waals surface area contributed by atoms with Crippen LogP contribution in [0.4, 0.5) is 0 Å². The van der Waals surface area contributed by atoms with Gasteiger partial charge in [-0.15, -0.1) is 0 Å². The van der Waals surface area contributed by atoms with Crippen molar-refractivity contribution in [1.82, 2.24) is 15.5 Å². The van der Waals surface area contributed by atoms with Gasteiger partial charge in [-0.05, 0) is 56.0 Å². The fourth-order valence-corrected chi connectivity index (χ4v) is 3.54. The van der Waals surface area contributed by atoms with E-state index in [2.05, 4.69) is 10.6 Å². The summed E-state index contributed by atoms with van der Waals surface area (Å²) in [7, 11) is 1.63. The molecule has 2 unspecified atom stereocenters. The summed E-state index contributed by atoms with van der Waals surface area (Å²) < 4.78 is 5.15. The zero-order valence-electron chi connectivity index (χ0n) is 14.8. The first-order valence-electron chi connectivity index (χ1n) is 9.07. The third kappa shape index (κ3) is 4.72. The Morgan fingerprint density at radius 3 is 2.80 bits per heavy atom. The summed E-state index contributed by atoms with van der Waals surface area (Å²) in [6.45, 7) is 3.31. The molecule has 25 heavy (non-hydrogen) atoms. The Labute approximate surface area is 148 Å². The topological polar surface area (TPSA) is 70.7 Å². The highest BCUT2D eigenvalue weighted by molar-refractivity contribution is 5.89. The molecular weight excluding hydrogens is 318 g/mol. The first-order valence-corrected chi connectivity index (χ1v) is 9.07. The number of amides is 2. The van der Waals surface area contributed by atoms with Gasteiger partial charge in [-0.3, -0.25) is 9.59 Å². The second-order valence-electron chi connectivity index (χ2n) is 6.91. The molecule has 136 valence electrons. The molecule has 2 fully saturated rings. The number of nitrogens with one attached hydrogen (secondary N) is 2. The van der Waals surface area contributed by atoms with Crippen LogP contribution < -0.4 is 15.4 Å². The lowest BCUT2D eigenvalue weighted by Crippen LogP contribution is -2.41. The fourth-order valence-electron chi connectivity index (χ4n) is 3.54. The third-order valence-corrected chi connectivity index (χ3v) is 5.11. The van der Waals surface area contributed by atoms with Gasteiger partial charge in [0.1, 0.15) is 11.8 Å². The molecule has 0 bridgehead atoms. The van der Waals surface area contributed by atoms with Crippen LogP contribution in [0, 0.1) is 5.92 Å². The summed E-state index contributed by atoms with van der Waals surface area (Å²) in [5.41, 5.74) is 1.06. The van der Waals surface area contributed by atoms with Gasteiger partial charge in [-0.25, -0.2) is 0 Å². The van der Waals surface area contributed by atoms with Crippen LogP contribution in [0.15, 0.2) is 24.3 Å². The van der Waals surface area contributed by atoms with Crippen molar-refractivity contribution in [1.29, 1.82) is 0 Å². The van der Waals surface area contributed by atoms with Gasteiger partial charge in [-0.2, -0.15) is 0 Å². The maximum atomic E-state index is 12.5. The highest BCUT2D eigenvalue weighted by Crippen LogP contribution is 2.18. The minimum atomic E-state index is -0.368. The lowest BCUT2D eigenvalue weighted by atomic mass is 10.0. The Morgan fingerprint density at radius 1 is 1.32 bits per heavy atom. The molecule has 1 aromatic carbocycles. The molecular formula is C19H27N3O3. The number of nitrogens with zero attached hydrogens (tertiary/aromatic N) is 1. The van der Waals surface area contributed by atoms with Crippen molar-refractivity contribution in [3.8, 4) is 5.75 Å². The van der Waals surface area contributed by atoms with Crippen LogP contribution in [0.3, 0.4) is 0 Å². The monoisotopic (exact) mass is 345 g/mol. The Morgan fingerprint density at radius 2 is 2.12 bits per heavy atom. The van der Waals surface area contributed by atoms with Crippen LogP contribution in [0.1, 0.15) is 31.2 Å². The predicted octanol–water partition coefficient (Wildman–Crippen LogP) is 1.30. The van der Waals surface area contributed by atoms with E-state index in [1.54, 1.807) is 7.11 Å². The van der Waals surface area contributed by atoms with Gasteiger partial charge < -0.3 is 20.3 Å². The zero-order chi connectivity index (χ0) is 17.6. The first-order chi connectivity index (χ1) is 12.2. The van der Waals surface area contributed by atoms with Crippen LogP contribution in [-0.2, 0) is 16.1 Å². The Bertz CT molecular complexity index is 596. The minimum Gasteiger partial charge on any atom is -0.497 e. The summed E-state index contributed by atoms with van der Waals surface area (Å²) in [4.78, 5) is 26.4. The number of carbonyl (C=O) groups excluding carboxylic acids is 2. The molecule has 2 aliphatic rings. The van der Waals surface area contributed by atoms with Crippen molar-refractivity contribution in [3.63, 3.8) is 0 Å². The van der Waals surface area contributed by atoms with Gasteiger partial charge in [0.05, 0.1) is 7.11 Å². The normalized spacial score (nSPS) is 23.1. The standard InChI is InChI=1S/C19H27N3O3/c1-25-16-5-2-15(3-6-16)13-22-11-9-17(19(22)24)21-18(23)7-4-14-8-10-20-12-14/h2-3,5-6,14,17,20H,4,7-13H2,1H3,(H,21,23). The third-order valence-electron chi connectivity index (χ3n) is 5.11. The summed E-state index contributed by atoms with van der Waals surface area (Å²) in [5.74, 6) is 1.42. The van der Waals surface area contributed by atoms with Gasteiger partial charge >= 0.3 is 0 Å². The van der Waals surface area contributed by atoms with Crippen LogP contribution in [0.25, 0.3) is 0 Å². The molecule has 2 amide bonds. The largest absolute Gasteiger partial charge is 0.497 e. The second kappa shape index (κ2) is 8.34. The molecule has 2 aliphatic heterocycles. The second-order valence-corrected chi connectivity index (χ2v) is 6.91.